The summed E-state index contributed by atoms with van der Waals surface area (Å²) in [5.74, 6) is 2.84. The van der Waals surface area contributed by atoms with Crippen LogP contribution in [0.25, 0.3) is 0 Å². The van der Waals surface area contributed by atoms with Gasteiger partial charge in [-0.3, -0.25) is 0 Å². The molecule has 0 saturated heterocycles. The van der Waals surface area contributed by atoms with E-state index in [2.05, 4.69) is 44.0 Å². The minimum atomic E-state index is 0.704. The van der Waals surface area contributed by atoms with Crippen LogP contribution in [0.3, 0.4) is 0 Å². The number of halogens is 2. The van der Waals surface area contributed by atoms with Gasteiger partial charge in [0.15, 0.2) is 23.0 Å². The van der Waals surface area contributed by atoms with Crippen molar-refractivity contribution in [1.29, 1.82) is 0 Å². The molecule has 2 aromatic carbocycles. The molecule has 0 radical (unpaired) electrons. The van der Waals surface area contributed by atoms with Crippen LogP contribution in [-0.4, -0.2) is 28.4 Å². The molecule has 2 aromatic rings. The number of rotatable bonds is 7. The zero-order chi connectivity index (χ0) is 17.7. The van der Waals surface area contributed by atoms with Crippen molar-refractivity contribution in [2.45, 2.75) is 12.8 Å². The lowest BCUT2D eigenvalue weighted by atomic mass is 10.0. The summed E-state index contributed by atoms with van der Waals surface area (Å²) in [6, 6.07) is 8.10. The predicted octanol–water partition coefficient (Wildman–Crippen LogP) is 5.03. The van der Waals surface area contributed by atoms with Gasteiger partial charge < -0.3 is 18.9 Å². The zero-order valence-electron chi connectivity index (χ0n) is 14.1. The van der Waals surface area contributed by atoms with Crippen molar-refractivity contribution in [3.8, 4) is 23.0 Å². The molecule has 0 fully saturated rings. The molecular formula is C18H20Br2O4. The fourth-order valence-electron chi connectivity index (χ4n) is 2.52. The Morgan fingerprint density at radius 3 is 1.29 bits per heavy atom. The van der Waals surface area contributed by atoms with E-state index in [1.165, 1.54) is 0 Å². The summed E-state index contributed by atoms with van der Waals surface area (Å²) in [6.07, 6.45) is 1.72. The fourth-order valence-corrected chi connectivity index (χ4v) is 3.82. The van der Waals surface area contributed by atoms with Crippen molar-refractivity contribution in [3.05, 3.63) is 44.3 Å². The molecular weight excluding hydrogens is 440 g/mol. The highest BCUT2D eigenvalue weighted by Crippen LogP contribution is 2.38. The standard InChI is InChI=1S/C18H20Br2O4/c1-21-15-9-11(7-13(19)17(15)23-3)5-6-12-8-14(20)18(24-4)16(10-12)22-2/h7-10H,5-6H2,1-4H3. The smallest absolute Gasteiger partial charge is 0.174 e. The van der Waals surface area contributed by atoms with Crippen LogP contribution in [-0.2, 0) is 12.8 Å². The van der Waals surface area contributed by atoms with Gasteiger partial charge in [0.2, 0.25) is 0 Å². The van der Waals surface area contributed by atoms with Crippen molar-refractivity contribution in [2.75, 3.05) is 28.4 Å². The van der Waals surface area contributed by atoms with Crippen molar-refractivity contribution in [3.63, 3.8) is 0 Å². The Balaban J connectivity index is 2.22. The van der Waals surface area contributed by atoms with Crippen LogP contribution in [0.15, 0.2) is 33.2 Å². The van der Waals surface area contributed by atoms with Gasteiger partial charge in [-0.1, -0.05) is 0 Å². The van der Waals surface area contributed by atoms with E-state index in [1.54, 1.807) is 28.4 Å². The molecule has 0 bridgehead atoms. The Bertz CT molecular complexity index is 655. The predicted molar refractivity (Wildman–Crippen MR) is 102 cm³/mol. The summed E-state index contributed by atoms with van der Waals surface area (Å²) in [5.41, 5.74) is 2.32. The summed E-state index contributed by atoms with van der Waals surface area (Å²) in [5, 5.41) is 0. The second-order valence-corrected chi connectivity index (χ2v) is 6.83. The molecule has 0 amide bonds. The Morgan fingerprint density at radius 2 is 1.00 bits per heavy atom. The van der Waals surface area contributed by atoms with Crippen molar-refractivity contribution < 1.29 is 18.9 Å². The molecule has 0 N–H and O–H groups in total. The van der Waals surface area contributed by atoms with Gasteiger partial charge in [-0.15, -0.1) is 0 Å². The molecule has 0 aliphatic carbocycles. The van der Waals surface area contributed by atoms with Crippen molar-refractivity contribution in [2.24, 2.45) is 0 Å². The molecule has 6 heteroatoms. The van der Waals surface area contributed by atoms with Gasteiger partial charge in [-0.2, -0.15) is 0 Å². The van der Waals surface area contributed by atoms with Crippen LogP contribution in [0.1, 0.15) is 11.1 Å². The van der Waals surface area contributed by atoms with Crippen LogP contribution in [0, 0.1) is 0 Å². The van der Waals surface area contributed by atoms with Crippen LogP contribution >= 0.6 is 31.9 Å². The highest BCUT2D eigenvalue weighted by molar-refractivity contribution is 9.10. The van der Waals surface area contributed by atoms with Gasteiger partial charge in [0.25, 0.3) is 0 Å². The largest absolute Gasteiger partial charge is 0.493 e. The number of benzene rings is 2. The van der Waals surface area contributed by atoms with E-state index in [9.17, 15) is 0 Å². The van der Waals surface area contributed by atoms with E-state index in [-0.39, 0.29) is 0 Å². The summed E-state index contributed by atoms with van der Waals surface area (Å²) >= 11 is 7.06. The number of aryl methyl sites for hydroxylation is 2. The maximum absolute atomic E-state index is 5.40. The quantitative estimate of drug-likeness (QED) is 0.581. The van der Waals surface area contributed by atoms with Gasteiger partial charge in [0.05, 0.1) is 37.4 Å². The van der Waals surface area contributed by atoms with Crippen LogP contribution in [0.2, 0.25) is 0 Å². The van der Waals surface area contributed by atoms with Crippen LogP contribution in [0.5, 0.6) is 23.0 Å². The minimum Gasteiger partial charge on any atom is -0.493 e. The summed E-state index contributed by atoms with van der Waals surface area (Å²) in [6.45, 7) is 0. The first-order valence-corrected chi connectivity index (χ1v) is 8.93. The van der Waals surface area contributed by atoms with E-state index >= 15 is 0 Å². The first-order chi connectivity index (χ1) is 11.5. The van der Waals surface area contributed by atoms with E-state index in [0.29, 0.717) is 11.5 Å². The van der Waals surface area contributed by atoms with E-state index < -0.39 is 0 Å². The molecule has 0 spiro atoms. The molecule has 2 rings (SSSR count). The number of hydrogen-bond acceptors (Lipinski definition) is 4. The van der Waals surface area contributed by atoms with Gasteiger partial charge >= 0.3 is 0 Å². The third kappa shape index (κ3) is 4.16. The Morgan fingerprint density at radius 1 is 0.625 bits per heavy atom. The summed E-state index contributed by atoms with van der Waals surface area (Å²) in [4.78, 5) is 0. The fraction of sp³-hybridized carbons (Fsp3) is 0.333. The normalized spacial score (nSPS) is 10.4. The van der Waals surface area contributed by atoms with Crippen LogP contribution < -0.4 is 18.9 Å². The van der Waals surface area contributed by atoms with Gasteiger partial charge in [-0.25, -0.2) is 0 Å². The molecule has 0 aromatic heterocycles. The average molecular weight is 460 g/mol. The molecule has 24 heavy (non-hydrogen) atoms. The Hall–Kier alpha value is -1.40. The van der Waals surface area contributed by atoms with Gasteiger partial charge in [0.1, 0.15) is 0 Å². The molecule has 0 heterocycles. The summed E-state index contributed by atoms with van der Waals surface area (Å²) < 4.78 is 23.3. The Kier molecular flexibility index (Phi) is 6.80. The lowest BCUT2D eigenvalue weighted by Crippen LogP contribution is -1.98. The van der Waals surface area contributed by atoms with E-state index in [4.69, 9.17) is 18.9 Å². The second-order valence-electron chi connectivity index (χ2n) is 5.13. The molecule has 0 aliphatic rings. The molecule has 4 nitrogen and oxygen atoms in total. The van der Waals surface area contributed by atoms with Crippen molar-refractivity contribution in [1.82, 2.24) is 0 Å². The number of ether oxygens (including phenoxy) is 4. The van der Waals surface area contributed by atoms with E-state index in [0.717, 1.165) is 44.4 Å². The molecule has 0 atom stereocenters. The number of hydrogen-bond donors (Lipinski definition) is 0. The van der Waals surface area contributed by atoms with Crippen molar-refractivity contribution >= 4 is 31.9 Å². The average Bonchev–Trinajstić information content (AvgIpc) is 2.58. The minimum absolute atomic E-state index is 0.704. The molecule has 0 saturated carbocycles. The van der Waals surface area contributed by atoms with Gasteiger partial charge in [-0.05, 0) is 80.1 Å². The van der Waals surface area contributed by atoms with E-state index in [1.807, 2.05) is 12.1 Å². The van der Waals surface area contributed by atoms with Crippen LogP contribution in [0.4, 0.5) is 0 Å². The first kappa shape index (κ1) is 18.9. The third-order valence-corrected chi connectivity index (χ3v) is 4.87. The zero-order valence-corrected chi connectivity index (χ0v) is 17.3. The third-order valence-electron chi connectivity index (χ3n) is 3.69. The lowest BCUT2D eigenvalue weighted by molar-refractivity contribution is 0.352. The summed E-state index contributed by atoms with van der Waals surface area (Å²) in [7, 11) is 6.53. The monoisotopic (exact) mass is 458 g/mol. The molecule has 0 aliphatic heterocycles. The highest BCUT2D eigenvalue weighted by atomic mass is 79.9. The van der Waals surface area contributed by atoms with Gasteiger partial charge in [0, 0.05) is 0 Å². The lowest BCUT2D eigenvalue weighted by Gasteiger charge is -2.13. The molecule has 0 unspecified atom stereocenters. The second kappa shape index (κ2) is 8.62. The maximum Gasteiger partial charge on any atom is 0.174 e. The topological polar surface area (TPSA) is 36.9 Å². The number of methoxy groups -OCH3 is 4. The highest BCUT2D eigenvalue weighted by Gasteiger charge is 2.13. The first-order valence-electron chi connectivity index (χ1n) is 7.34. The maximum atomic E-state index is 5.40. The Labute approximate surface area is 159 Å². The SMILES string of the molecule is COc1cc(CCc2cc(Br)c(OC)c(OC)c2)cc(Br)c1OC. The molecule has 130 valence electrons.